The molecule has 0 spiro atoms. The van der Waals surface area contributed by atoms with Crippen LogP contribution in [-0.4, -0.2) is 15.8 Å². The number of non-ortho nitro benzene ring substituents is 1. The molecular weight excluding hydrogens is 305 g/mol. The molecule has 0 fully saturated rings. The first-order valence-electron chi connectivity index (χ1n) is 5.33. The first-order valence-corrected chi connectivity index (χ1v) is 6.09. The number of hydrogen-bond acceptors (Lipinski definition) is 4. The summed E-state index contributed by atoms with van der Waals surface area (Å²) in [6.07, 6.45) is 1.43. The van der Waals surface area contributed by atoms with Crippen LogP contribution < -0.4 is 5.32 Å². The van der Waals surface area contributed by atoms with Gasteiger partial charge in [-0.2, -0.15) is 0 Å². The minimum atomic E-state index is -0.619. The number of carbonyl (C=O) groups is 1. The largest absolute Gasteiger partial charge is 0.322 e. The fourth-order valence-corrected chi connectivity index (χ4v) is 1.90. The lowest BCUT2D eigenvalue weighted by atomic mass is 10.2. The Kier molecular flexibility index (Phi) is 4.16. The van der Waals surface area contributed by atoms with Crippen LogP contribution in [0.3, 0.4) is 0 Å². The van der Waals surface area contributed by atoms with Gasteiger partial charge in [-0.3, -0.25) is 14.9 Å². The van der Waals surface area contributed by atoms with Crippen molar-refractivity contribution in [2.24, 2.45) is 0 Å². The second-order valence-electron chi connectivity index (χ2n) is 3.78. The van der Waals surface area contributed by atoms with Crippen molar-refractivity contribution >= 4 is 40.5 Å². The summed E-state index contributed by atoms with van der Waals surface area (Å²) in [6.45, 7) is 0. The van der Waals surface area contributed by atoms with Crippen molar-refractivity contribution in [2.45, 2.75) is 0 Å². The van der Waals surface area contributed by atoms with Gasteiger partial charge in [-0.1, -0.05) is 23.2 Å². The summed E-state index contributed by atoms with van der Waals surface area (Å²) in [4.78, 5) is 25.9. The maximum Gasteiger partial charge on any atom is 0.271 e. The van der Waals surface area contributed by atoms with Crippen molar-refractivity contribution in [2.75, 3.05) is 5.32 Å². The third kappa shape index (κ3) is 3.43. The molecule has 0 aliphatic carbocycles. The van der Waals surface area contributed by atoms with Gasteiger partial charge in [0.05, 0.1) is 4.92 Å². The Bertz CT molecular complexity index is 691. The summed E-state index contributed by atoms with van der Waals surface area (Å²) >= 11 is 11.4. The molecule has 8 heteroatoms. The van der Waals surface area contributed by atoms with Crippen LogP contribution in [0.4, 0.5) is 11.4 Å². The Hall–Kier alpha value is -2.18. The number of nitro groups is 1. The molecule has 2 rings (SSSR count). The molecule has 0 aliphatic heterocycles. The van der Waals surface area contributed by atoms with Gasteiger partial charge in [-0.25, -0.2) is 4.98 Å². The number of pyridine rings is 1. The van der Waals surface area contributed by atoms with Crippen LogP contribution in [0.1, 0.15) is 10.4 Å². The highest BCUT2D eigenvalue weighted by Crippen LogP contribution is 2.22. The molecule has 1 aromatic carbocycles. The van der Waals surface area contributed by atoms with Gasteiger partial charge in [0.15, 0.2) is 0 Å². The quantitative estimate of drug-likeness (QED) is 0.533. The third-order valence-electron chi connectivity index (χ3n) is 2.34. The number of anilines is 1. The minimum absolute atomic E-state index is 0.0807. The Labute approximate surface area is 123 Å². The summed E-state index contributed by atoms with van der Waals surface area (Å²) in [5, 5.41) is 13.6. The van der Waals surface area contributed by atoms with E-state index in [2.05, 4.69) is 10.3 Å². The highest BCUT2D eigenvalue weighted by atomic mass is 35.5. The number of nitro benzene ring substituents is 1. The third-order valence-corrected chi connectivity index (χ3v) is 2.76. The normalized spacial score (nSPS) is 10.1. The first-order chi connectivity index (χ1) is 9.45. The van der Waals surface area contributed by atoms with Gasteiger partial charge in [-0.05, 0) is 18.2 Å². The zero-order valence-electron chi connectivity index (χ0n) is 9.84. The van der Waals surface area contributed by atoms with Crippen LogP contribution in [0.2, 0.25) is 10.2 Å². The number of amides is 1. The van der Waals surface area contributed by atoms with Crippen LogP contribution in [0.15, 0.2) is 36.5 Å². The van der Waals surface area contributed by atoms with E-state index in [1.54, 1.807) is 6.07 Å². The lowest BCUT2D eigenvalue weighted by Gasteiger charge is -2.05. The minimum Gasteiger partial charge on any atom is -0.322 e. The van der Waals surface area contributed by atoms with Crippen molar-refractivity contribution in [3.8, 4) is 0 Å². The zero-order valence-corrected chi connectivity index (χ0v) is 11.4. The Morgan fingerprint density at radius 3 is 2.65 bits per heavy atom. The molecule has 0 saturated carbocycles. The molecule has 6 nitrogen and oxygen atoms in total. The molecular formula is C12H7Cl2N3O3. The van der Waals surface area contributed by atoms with Crippen molar-refractivity contribution in [1.82, 2.24) is 4.98 Å². The number of benzene rings is 1. The van der Waals surface area contributed by atoms with Gasteiger partial charge in [0.25, 0.3) is 11.6 Å². The van der Waals surface area contributed by atoms with E-state index in [9.17, 15) is 14.9 Å². The molecule has 0 unspecified atom stereocenters. The monoisotopic (exact) mass is 311 g/mol. The molecule has 0 radical (unpaired) electrons. The van der Waals surface area contributed by atoms with E-state index in [1.807, 2.05) is 0 Å². The van der Waals surface area contributed by atoms with E-state index in [4.69, 9.17) is 23.2 Å². The molecule has 0 saturated heterocycles. The number of aromatic nitrogens is 1. The molecule has 2 aromatic rings. The van der Waals surface area contributed by atoms with E-state index in [-0.39, 0.29) is 21.4 Å². The van der Waals surface area contributed by atoms with Crippen molar-refractivity contribution in [3.63, 3.8) is 0 Å². The molecule has 1 amide bonds. The van der Waals surface area contributed by atoms with Crippen molar-refractivity contribution in [1.29, 1.82) is 0 Å². The molecule has 1 heterocycles. The average Bonchev–Trinajstić information content (AvgIpc) is 2.37. The van der Waals surface area contributed by atoms with E-state index >= 15 is 0 Å². The van der Waals surface area contributed by atoms with Crippen LogP contribution in [-0.2, 0) is 0 Å². The van der Waals surface area contributed by atoms with Crippen LogP contribution in [0, 0.1) is 10.1 Å². The SMILES string of the molecule is O=C(Nc1ccnc(Cl)c1)c1cc(Cl)cc([N+](=O)[O-])c1. The molecule has 20 heavy (non-hydrogen) atoms. The number of halogens is 2. The molecule has 1 aromatic heterocycles. The van der Waals surface area contributed by atoms with Gasteiger partial charge < -0.3 is 5.32 Å². The van der Waals surface area contributed by atoms with E-state index < -0.39 is 10.8 Å². The standard InChI is InChI=1S/C12H7Cl2N3O3/c13-8-3-7(4-10(5-8)17(19)20)12(18)16-9-1-2-15-11(14)6-9/h1-6H,(H,15,16,18). The average molecular weight is 312 g/mol. The van der Waals surface area contributed by atoms with Gasteiger partial charge in [0, 0.05) is 34.6 Å². The second-order valence-corrected chi connectivity index (χ2v) is 4.60. The fourth-order valence-electron chi connectivity index (χ4n) is 1.49. The van der Waals surface area contributed by atoms with Gasteiger partial charge in [0.2, 0.25) is 0 Å². The van der Waals surface area contributed by atoms with Gasteiger partial charge in [-0.15, -0.1) is 0 Å². The summed E-state index contributed by atoms with van der Waals surface area (Å²) < 4.78 is 0. The van der Waals surface area contributed by atoms with E-state index in [1.165, 1.54) is 24.4 Å². The highest BCUT2D eigenvalue weighted by Gasteiger charge is 2.14. The van der Waals surface area contributed by atoms with Crippen molar-refractivity contribution in [3.05, 3.63) is 62.4 Å². The number of nitrogens with zero attached hydrogens (tertiary/aromatic N) is 2. The number of hydrogen-bond donors (Lipinski definition) is 1. The lowest BCUT2D eigenvalue weighted by molar-refractivity contribution is -0.384. The number of carbonyl (C=O) groups excluding carboxylic acids is 1. The molecule has 0 atom stereocenters. The van der Waals surface area contributed by atoms with E-state index in [0.29, 0.717) is 5.69 Å². The number of rotatable bonds is 3. The zero-order chi connectivity index (χ0) is 14.7. The first kappa shape index (κ1) is 14.2. The van der Waals surface area contributed by atoms with E-state index in [0.717, 1.165) is 6.07 Å². The lowest BCUT2D eigenvalue weighted by Crippen LogP contribution is -2.12. The smallest absolute Gasteiger partial charge is 0.271 e. The maximum absolute atomic E-state index is 12.0. The van der Waals surface area contributed by atoms with Crippen LogP contribution in [0.25, 0.3) is 0 Å². The summed E-state index contributed by atoms with van der Waals surface area (Å²) in [6, 6.07) is 6.65. The fraction of sp³-hybridized carbons (Fsp3) is 0. The molecule has 1 N–H and O–H groups in total. The Balaban J connectivity index is 2.27. The predicted molar refractivity (Wildman–Crippen MR) is 75.3 cm³/mol. The summed E-state index contributed by atoms with van der Waals surface area (Å²) in [7, 11) is 0. The second kappa shape index (κ2) is 5.85. The number of nitrogens with one attached hydrogen (secondary N) is 1. The van der Waals surface area contributed by atoms with Crippen LogP contribution in [0.5, 0.6) is 0 Å². The predicted octanol–water partition coefficient (Wildman–Crippen LogP) is 3.55. The molecule has 0 bridgehead atoms. The topological polar surface area (TPSA) is 85.1 Å². The highest BCUT2D eigenvalue weighted by molar-refractivity contribution is 6.31. The Morgan fingerprint density at radius 1 is 1.25 bits per heavy atom. The maximum atomic E-state index is 12.0. The van der Waals surface area contributed by atoms with Gasteiger partial charge >= 0.3 is 0 Å². The summed E-state index contributed by atoms with van der Waals surface area (Å²) in [5.74, 6) is -0.530. The summed E-state index contributed by atoms with van der Waals surface area (Å²) in [5.41, 5.74) is 0.255. The Morgan fingerprint density at radius 2 is 2.00 bits per heavy atom. The molecule has 102 valence electrons. The van der Waals surface area contributed by atoms with Crippen molar-refractivity contribution < 1.29 is 9.72 Å². The molecule has 0 aliphatic rings. The van der Waals surface area contributed by atoms with Gasteiger partial charge in [0.1, 0.15) is 5.15 Å². The van der Waals surface area contributed by atoms with Crippen LogP contribution >= 0.6 is 23.2 Å².